The van der Waals surface area contributed by atoms with E-state index in [1.807, 2.05) is 25.2 Å². The van der Waals surface area contributed by atoms with Crippen molar-refractivity contribution >= 4 is 71.2 Å². The number of allylic oxidation sites excluding steroid dienone is 10. The van der Waals surface area contributed by atoms with Crippen LogP contribution in [0, 0.1) is 41.4 Å². The molecule has 224 valence electrons. The molecule has 6 aromatic rings. The Morgan fingerprint density at radius 1 is 0.830 bits per heavy atom. The van der Waals surface area contributed by atoms with Crippen LogP contribution in [-0.2, 0) is 0 Å². The fourth-order valence-corrected chi connectivity index (χ4v) is 9.23. The Hall–Kier alpha value is -5.62. The largest absolute Gasteiger partial charge is 0.332 e. The van der Waals surface area contributed by atoms with Crippen molar-refractivity contribution in [3.8, 4) is 12.1 Å². The summed E-state index contributed by atoms with van der Waals surface area (Å²) in [7, 11) is 0. The molecule has 4 nitrogen and oxygen atoms in total. The Balaban J connectivity index is 1.27. The van der Waals surface area contributed by atoms with Gasteiger partial charge in [-0.15, -0.1) is 11.3 Å². The highest BCUT2D eigenvalue weighted by molar-refractivity contribution is 7.25. The summed E-state index contributed by atoms with van der Waals surface area (Å²) in [6.07, 6.45) is 21.5. The topological polar surface area (TPSA) is 57.4 Å². The number of thiophene rings is 1. The van der Waals surface area contributed by atoms with Gasteiger partial charge in [0.05, 0.1) is 34.8 Å². The Morgan fingerprint density at radius 3 is 2.47 bits per heavy atom. The van der Waals surface area contributed by atoms with E-state index in [2.05, 4.69) is 131 Å². The minimum atomic E-state index is -0.487. The van der Waals surface area contributed by atoms with Gasteiger partial charge in [0, 0.05) is 59.7 Å². The number of hydrogen-bond donors (Lipinski definition) is 0. The molecule has 3 aromatic carbocycles. The van der Waals surface area contributed by atoms with E-state index in [0.717, 1.165) is 39.1 Å². The first-order chi connectivity index (χ1) is 23.1. The van der Waals surface area contributed by atoms with Crippen molar-refractivity contribution in [2.75, 3.05) is 0 Å². The number of nitrogens with zero attached hydrogens (tertiary/aromatic N) is 4. The third kappa shape index (κ3) is 3.91. The van der Waals surface area contributed by atoms with Gasteiger partial charge in [-0.25, -0.2) is 0 Å². The summed E-state index contributed by atoms with van der Waals surface area (Å²) in [4.78, 5) is 0. The van der Waals surface area contributed by atoms with E-state index >= 15 is 0 Å². The molecule has 9 rings (SSSR count). The molecule has 4 unspecified atom stereocenters. The molecule has 0 fully saturated rings. The molecule has 4 atom stereocenters. The van der Waals surface area contributed by atoms with E-state index in [4.69, 9.17) is 0 Å². The van der Waals surface area contributed by atoms with Crippen LogP contribution in [0.5, 0.6) is 0 Å². The summed E-state index contributed by atoms with van der Waals surface area (Å²) in [5.74, 6) is 0.0626. The normalized spacial score (nSPS) is 21.7. The summed E-state index contributed by atoms with van der Waals surface area (Å²) in [5.41, 5.74) is 8.07. The molecule has 0 bridgehead atoms. The fraction of sp³-hybridized carbons (Fsp3) is 0.143. The van der Waals surface area contributed by atoms with Crippen LogP contribution in [0.3, 0.4) is 0 Å². The van der Waals surface area contributed by atoms with Crippen molar-refractivity contribution in [3.05, 3.63) is 137 Å². The lowest BCUT2D eigenvalue weighted by Crippen LogP contribution is -2.23. The average molecular weight is 623 g/mol. The third-order valence-corrected chi connectivity index (χ3v) is 11.3. The van der Waals surface area contributed by atoms with Gasteiger partial charge in [-0.3, -0.25) is 0 Å². The summed E-state index contributed by atoms with van der Waals surface area (Å²) in [6.45, 7) is 4.18. The van der Waals surface area contributed by atoms with Gasteiger partial charge in [0.15, 0.2) is 0 Å². The highest BCUT2D eigenvalue weighted by Crippen LogP contribution is 2.47. The molecule has 47 heavy (non-hydrogen) atoms. The van der Waals surface area contributed by atoms with E-state index in [9.17, 15) is 10.5 Å². The molecule has 0 radical (unpaired) electrons. The Kier molecular flexibility index (Phi) is 6.16. The number of rotatable bonds is 3. The number of nitriles is 2. The highest BCUT2D eigenvalue weighted by atomic mass is 32.1. The van der Waals surface area contributed by atoms with Crippen LogP contribution in [-0.4, -0.2) is 9.13 Å². The molecule has 0 aliphatic heterocycles. The van der Waals surface area contributed by atoms with Gasteiger partial charge in [-0.05, 0) is 73.5 Å². The average Bonchev–Trinajstić information content (AvgIpc) is 3.74. The fourth-order valence-electron chi connectivity index (χ4n) is 8.10. The molecule has 5 heteroatoms. The lowest BCUT2D eigenvalue weighted by molar-refractivity contribution is 0.536. The van der Waals surface area contributed by atoms with Gasteiger partial charge >= 0.3 is 0 Å². The second-order valence-electron chi connectivity index (χ2n) is 12.6. The van der Waals surface area contributed by atoms with Crippen LogP contribution in [0.1, 0.15) is 41.4 Å². The van der Waals surface area contributed by atoms with Crippen molar-refractivity contribution in [1.82, 2.24) is 9.13 Å². The smallest absolute Gasteiger partial charge is 0.101 e. The summed E-state index contributed by atoms with van der Waals surface area (Å²) in [5, 5.41) is 26.4. The van der Waals surface area contributed by atoms with E-state index in [-0.39, 0.29) is 12.0 Å². The van der Waals surface area contributed by atoms with Crippen LogP contribution in [0.25, 0.3) is 59.8 Å². The third-order valence-electron chi connectivity index (χ3n) is 10.2. The maximum absolute atomic E-state index is 10.8. The highest BCUT2D eigenvalue weighted by Gasteiger charge is 2.35. The van der Waals surface area contributed by atoms with Crippen LogP contribution in [0.4, 0.5) is 0 Å². The van der Waals surface area contributed by atoms with Gasteiger partial charge < -0.3 is 9.13 Å². The van der Waals surface area contributed by atoms with Crippen molar-refractivity contribution in [2.24, 2.45) is 11.8 Å². The van der Waals surface area contributed by atoms with Gasteiger partial charge in [-0.1, -0.05) is 72.9 Å². The van der Waals surface area contributed by atoms with Crippen LogP contribution < -0.4 is 0 Å². The molecule has 3 aromatic heterocycles. The maximum Gasteiger partial charge on any atom is 0.101 e. The standard InChI is InChI=1S/C42H30N4S/c1-3-10-34-25(2)32-21-33-30-13-7-9-16-40(30)47-41(33)22-39(32)45(34)37-19-28(24-44)38(20-27(37)23-43)46-35-15-8-6-14-31(35)42-29-12-5-4-11-26(29)17-18-36(42)46/h3-22,26,28-29,38H,1-2H3/b10-3-. The van der Waals surface area contributed by atoms with E-state index in [1.54, 1.807) is 11.3 Å². The molecule has 0 amide bonds. The second kappa shape index (κ2) is 10.5. The Morgan fingerprint density at radius 2 is 1.64 bits per heavy atom. The number of fused-ring (bicyclic) bond motifs is 9. The minimum absolute atomic E-state index is 0.240. The monoisotopic (exact) mass is 622 g/mol. The second-order valence-corrected chi connectivity index (χ2v) is 13.7. The number of aryl methyl sites for hydroxylation is 1. The summed E-state index contributed by atoms with van der Waals surface area (Å²) < 4.78 is 6.98. The predicted octanol–water partition coefficient (Wildman–Crippen LogP) is 10.8. The number of benzene rings is 3. The summed E-state index contributed by atoms with van der Waals surface area (Å²) >= 11 is 1.79. The SMILES string of the molecule is C/C=C\c1c(C)c2cc3c(cc2n1C1=CC(C#N)C(n2c4c(c5ccccc52)C2C=CC=CC2C=C4)C=C1C#N)sc1ccccc13. The number of para-hydroxylation sites is 1. The zero-order valence-corrected chi connectivity index (χ0v) is 26.9. The zero-order chi connectivity index (χ0) is 31.8. The quantitative estimate of drug-likeness (QED) is 0.197. The molecule has 3 heterocycles. The van der Waals surface area contributed by atoms with Crippen LogP contribution in [0.2, 0.25) is 0 Å². The van der Waals surface area contributed by atoms with Crippen molar-refractivity contribution in [2.45, 2.75) is 25.8 Å². The van der Waals surface area contributed by atoms with Crippen LogP contribution >= 0.6 is 11.3 Å². The molecule has 3 aliphatic carbocycles. The van der Waals surface area contributed by atoms with E-state index in [1.165, 1.54) is 31.1 Å². The first kappa shape index (κ1) is 27.7. The lowest BCUT2D eigenvalue weighted by Gasteiger charge is -2.30. The van der Waals surface area contributed by atoms with Gasteiger partial charge in [0.2, 0.25) is 0 Å². The Bertz CT molecular complexity index is 2590. The molecular formula is C42H30N4S. The predicted molar refractivity (Wildman–Crippen MR) is 196 cm³/mol. The van der Waals surface area contributed by atoms with Crippen molar-refractivity contribution < 1.29 is 0 Å². The Labute approximate surface area is 277 Å². The zero-order valence-electron chi connectivity index (χ0n) is 26.1. The summed E-state index contributed by atoms with van der Waals surface area (Å²) in [6, 6.07) is 26.5. The maximum atomic E-state index is 10.8. The molecule has 0 N–H and O–H groups in total. The molecule has 3 aliphatic rings. The van der Waals surface area contributed by atoms with Crippen LogP contribution in [0.15, 0.2) is 115 Å². The van der Waals surface area contributed by atoms with E-state index < -0.39 is 5.92 Å². The van der Waals surface area contributed by atoms with Gasteiger partial charge in [-0.2, -0.15) is 10.5 Å². The molecule has 0 saturated heterocycles. The minimum Gasteiger partial charge on any atom is -0.332 e. The lowest BCUT2D eigenvalue weighted by atomic mass is 9.78. The van der Waals surface area contributed by atoms with Crippen molar-refractivity contribution in [1.29, 1.82) is 10.5 Å². The molecule has 0 saturated carbocycles. The molecule has 0 spiro atoms. The van der Waals surface area contributed by atoms with Gasteiger partial charge in [0.1, 0.15) is 6.07 Å². The molecular weight excluding hydrogens is 593 g/mol. The first-order valence-corrected chi connectivity index (χ1v) is 16.9. The number of hydrogen-bond acceptors (Lipinski definition) is 3. The van der Waals surface area contributed by atoms with Crippen molar-refractivity contribution in [3.63, 3.8) is 0 Å². The number of aromatic nitrogens is 2. The first-order valence-electron chi connectivity index (χ1n) is 16.1. The van der Waals surface area contributed by atoms with Gasteiger partial charge in [0.25, 0.3) is 0 Å². The van der Waals surface area contributed by atoms with E-state index in [0.29, 0.717) is 11.5 Å².